The maximum Gasteiger partial charge on any atom is 0.343 e. The minimum Gasteiger partial charge on any atom is -0.490 e. The number of ether oxygens (including phenoxy) is 2. The Morgan fingerprint density at radius 3 is 2.47 bits per heavy atom. The third-order valence-electron chi connectivity index (χ3n) is 5.14. The Labute approximate surface area is 241 Å². The summed E-state index contributed by atoms with van der Waals surface area (Å²) in [6.45, 7) is 1.69. The van der Waals surface area contributed by atoms with Gasteiger partial charge in [-0.3, -0.25) is 19.3 Å². The number of halogens is 2. The molecule has 1 saturated heterocycles. The highest BCUT2D eigenvalue weighted by Crippen LogP contribution is 2.38. The molecule has 38 heavy (non-hydrogen) atoms. The predicted molar refractivity (Wildman–Crippen MR) is 154 cm³/mol. The molecule has 1 aliphatic heterocycles. The number of hydrogen-bond donors (Lipinski definition) is 1. The number of carbonyl (C=O) groups is 4. The summed E-state index contributed by atoms with van der Waals surface area (Å²) < 4.78 is 11.9. The second-order valence-corrected chi connectivity index (χ2v) is 10.4. The van der Waals surface area contributed by atoms with Crippen LogP contribution in [0.25, 0.3) is 6.08 Å². The summed E-state index contributed by atoms with van der Waals surface area (Å²) in [6, 6.07) is 18.4. The second kappa shape index (κ2) is 12.5. The largest absolute Gasteiger partial charge is 0.490 e. The third kappa shape index (κ3) is 6.74. The molecule has 3 aromatic carbocycles. The van der Waals surface area contributed by atoms with E-state index in [0.29, 0.717) is 37.8 Å². The van der Waals surface area contributed by atoms with Crippen LogP contribution in [0, 0.1) is 3.57 Å². The maximum atomic E-state index is 12.9. The zero-order valence-electron chi connectivity index (χ0n) is 19.9. The van der Waals surface area contributed by atoms with Gasteiger partial charge < -0.3 is 14.8 Å². The fourth-order valence-electron chi connectivity index (χ4n) is 3.42. The summed E-state index contributed by atoms with van der Waals surface area (Å²) in [5, 5.41) is 2.61. The molecule has 0 unspecified atom stereocenters. The highest BCUT2D eigenvalue weighted by Gasteiger charge is 2.36. The van der Waals surface area contributed by atoms with Gasteiger partial charge >= 0.3 is 5.97 Å². The second-order valence-electron chi connectivity index (χ2n) is 7.84. The lowest BCUT2D eigenvalue weighted by Crippen LogP contribution is -2.36. The summed E-state index contributed by atoms with van der Waals surface area (Å²) in [5.41, 5.74) is 1.44. The number of anilines is 1. The summed E-state index contributed by atoms with van der Waals surface area (Å²) in [5.74, 6) is -1.11. The van der Waals surface area contributed by atoms with Gasteiger partial charge in [0.1, 0.15) is 6.54 Å². The Bertz CT molecular complexity index is 1430. The SMILES string of the molecule is CCOc1cc(/C=C2\SC(=O)N(CC(=O)Nc3ccccc3)C2=O)cc(I)c1OC(=O)c1ccc(Cl)cc1. The van der Waals surface area contributed by atoms with Crippen LogP contribution in [0.15, 0.2) is 71.6 Å². The third-order valence-corrected chi connectivity index (χ3v) is 7.10. The van der Waals surface area contributed by atoms with Gasteiger partial charge in [-0.2, -0.15) is 0 Å². The Hall–Kier alpha value is -3.35. The molecule has 0 aliphatic carbocycles. The van der Waals surface area contributed by atoms with Crippen molar-refractivity contribution in [1.29, 1.82) is 0 Å². The summed E-state index contributed by atoms with van der Waals surface area (Å²) in [6.07, 6.45) is 1.54. The van der Waals surface area contributed by atoms with E-state index in [1.165, 1.54) is 6.08 Å². The van der Waals surface area contributed by atoms with Gasteiger partial charge in [-0.05, 0) is 101 Å². The Morgan fingerprint density at radius 2 is 1.79 bits per heavy atom. The standard InChI is InChI=1S/C27H20ClIN2O6S/c1-2-36-21-13-16(12-20(29)24(21)37-26(34)17-8-10-18(28)11-9-17)14-22-25(33)31(27(35)38-22)15-23(32)30-19-6-4-3-5-7-19/h3-14H,2,15H2,1H3,(H,30,32)/b22-14-. The van der Waals surface area contributed by atoms with E-state index in [0.717, 1.165) is 16.7 Å². The van der Waals surface area contributed by atoms with E-state index < -0.39 is 29.6 Å². The number of rotatable bonds is 8. The van der Waals surface area contributed by atoms with Gasteiger partial charge in [0.25, 0.3) is 11.1 Å². The van der Waals surface area contributed by atoms with Gasteiger partial charge in [0.2, 0.25) is 5.91 Å². The van der Waals surface area contributed by atoms with E-state index in [9.17, 15) is 19.2 Å². The topological polar surface area (TPSA) is 102 Å². The monoisotopic (exact) mass is 662 g/mol. The molecule has 8 nitrogen and oxygen atoms in total. The van der Waals surface area contributed by atoms with Crippen LogP contribution in [-0.4, -0.2) is 41.1 Å². The van der Waals surface area contributed by atoms with Crippen LogP contribution < -0.4 is 14.8 Å². The number of esters is 1. The fourth-order valence-corrected chi connectivity index (χ4v) is 5.12. The van der Waals surface area contributed by atoms with Crippen molar-refractivity contribution in [3.05, 3.63) is 91.4 Å². The minimum absolute atomic E-state index is 0.159. The smallest absolute Gasteiger partial charge is 0.343 e. The molecule has 1 fully saturated rings. The van der Waals surface area contributed by atoms with Crippen molar-refractivity contribution in [3.63, 3.8) is 0 Å². The molecule has 194 valence electrons. The van der Waals surface area contributed by atoms with E-state index in [4.69, 9.17) is 21.1 Å². The van der Waals surface area contributed by atoms with Crippen LogP contribution in [0.4, 0.5) is 10.5 Å². The van der Waals surface area contributed by atoms with Crippen molar-refractivity contribution in [2.45, 2.75) is 6.92 Å². The number of amides is 3. The van der Waals surface area contributed by atoms with Crippen LogP contribution in [0.5, 0.6) is 11.5 Å². The first-order chi connectivity index (χ1) is 18.2. The van der Waals surface area contributed by atoms with Crippen LogP contribution in [0.1, 0.15) is 22.8 Å². The van der Waals surface area contributed by atoms with E-state index in [2.05, 4.69) is 5.32 Å². The predicted octanol–water partition coefficient (Wildman–Crippen LogP) is 6.24. The van der Waals surface area contributed by atoms with E-state index in [1.807, 2.05) is 28.7 Å². The molecule has 1 aliphatic rings. The van der Waals surface area contributed by atoms with Crippen LogP contribution in [-0.2, 0) is 9.59 Å². The average Bonchev–Trinajstić information content (AvgIpc) is 3.14. The molecule has 0 bridgehead atoms. The molecule has 1 N–H and O–H groups in total. The first kappa shape index (κ1) is 27.7. The van der Waals surface area contributed by atoms with Gasteiger partial charge in [0.15, 0.2) is 11.5 Å². The fraction of sp³-hybridized carbons (Fsp3) is 0.111. The van der Waals surface area contributed by atoms with Crippen molar-refractivity contribution < 1.29 is 28.7 Å². The van der Waals surface area contributed by atoms with E-state index in [-0.39, 0.29) is 10.7 Å². The minimum atomic E-state index is -0.580. The molecular formula is C27H20ClIN2O6S. The highest BCUT2D eigenvalue weighted by molar-refractivity contribution is 14.1. The molecule has 0 radical (unpaired) electrons. The molecule has 11 heteroatoms. The van der Waals surface area contributed by atoms with Crippen molar-refractivity contribution in [2.24, 2.45) is 0 Å². The number of hydrogen-bond acceptors (Lipinski definition) is 7. The average molecular weight is 663 g/mol. The molecular weight excluding hydrogens is 643 g/mol. The Morgan fingerprint density at radius 1 is 1.08 bits per heavy atom. The molecule has 0 aromatic heterocycles. The Kier molecular flexibility index (Phi) is 9.08. The van der Waals surface area contributed by atoms with Gasteiger partial charge in [0.05, 0.1) is 20.6 Å². The summed E-state index contributed by atoms with van der Waals surface area (Å²) in [7, 11) is 0. The molecule has 0 spiro atoms. The Balaban J connectivity index is 1.52. The number of para-hydroxylation sites is 1. The molecule has 4 rings (SSSR count). The van der Waals surface area contributed by atoms with Crippen molar-refractivity contribution in [2.75, 3.05) is 18.5 Å². The van der Waals surface area contributed by atoms with E-state index >= 15 is 0 Å². The van der Waals surface area contributed by atoms with Gasteiger partial charge in [-0.15, -0.1) is 0 Å². The quantitative estimate of drug-likeness (QED) is 0.132. The number of nitrogens with zero attached hydrogens (tertiary/aromatic N) is 1. The number of nitrogens with one attached hydrogen (secondary N) is 1. The van der Waals surface area contributed by atoms with E-state index in [1.54, 1.807) is 67.6 Å². The first-order valence-corrected chi connectivity index (χ1v) is 13.6. The number of imide groups is 1. The number of thioether (sulfide) groups is 1. The number of carbonyl (C=O) groups excluding carboxylic acids is 4. The van der Waals surface area contributed by atoms with Crippen molar-refractivity contribution in [1.82, 2.24) is 4.90 Å². The summed E-state index contributed by atoms with van der Waals surface area (Å²) >= 11 is 8.64. The lowest BCUT2D eigenvalue weighted by Gasteiger charge is -2.14. The molecule has 0 atom stereocenters. The van der Waals surface area contributed by atoms with Gasteiger partial charge in [-0.25, -0.2) is 4.79 Å². The van der Waals surface area contributed by atoms with Crippen molar-refractivity contribution in [3.8, 4) is 11.5 Å². The normalized spacial score (nSPS) is 14.1. The number of benzene rings is 3. The van der Waals surface area contributed by atoms with Gasteiger partial charge in [0, 0.05) is 10.7 Å². The van der Waals surface area contributed by atoms with Gasteiger partial charge in [-0.1, -0.05) is 29.8 Å². The lowest BCUT2D eigenvalue weighted by molar-refractivity contribution is -0.127. The zero-order valence-corrected chi connectivity index (χ0v) is 23.6. The van der Waals surface area contributed by atoms with Crippen LogP contribution >= 0.6 is 46.0 Å². The lowest BCUT2D eigenvalue weighted by atomic mass is 10.1. The molecule has 3 aromatic rings. The molecule has 3 amide bonds. The maximum absolute atomic E-state index is 12.9. The van der Waals surface area contributed by atoms with Crippen molar-refractivity contribution >= 4 is 80.7 Å². The first-order valence-electron chi connectivity index (χ1n) is 11.3. The highest BCUT2D eigenvalue weighted by atomic mass is 127. The van der Waals surface area contributed by atoms with Crippen LogP contribution in [0.3, 0.4) is 0 Å². The summed E-state index contributed by atoms with van der Waals surface area (Å²) in [4.78, 5) is 51.5. The van der Waals surface area contributed by atoms with Crippen LogP contribution in [0.2, 0.25) is 5.02 Å². The molecule has 1 heterocycles. The zero-order chi connectivity index (χ0) is 27.2. The molecule has 0 saturated carbocycles.